The predicted octanol–water partition coefficient (Wildman–Crippen LogP) is 4.08. The number of nitrogens with zero attached hydrogens (tertiary/aromatic N) is 2. The molecule has 0 aliphatic heterocycles. The number of nitrogen functional groups attached to an aromatic ring is 1. The Bertz CT molecular complexity index is 592. The highest BCUT2D eigenvalue weighted by molar-refractivity contribution is 9.10. The molecule has 0 saturated carbocycles. The van der Waals surface area contributed by atoms with Crippen LogP contribution in [0.15, 0.2) is 10.5 Å². The average Bonchev–Trinajstić information content (AvgIpc) is 2.70. The minimum Gasteiger partial charge on any atom is -0.383 e. The predicted molar refractivity (Wildman–Crippen MR) is 79.1 cm³/mol. The molecule has 18 heavy (non-hydrogen) atoms. The zero-order chi connectivity index (χ0) is 12.7. The Morgan fingerprint density at radius 2 is 2.06 bits per heavy atom. The van der Waals surface area contributed by atoms with E-state index >= 15 is 0 Å². The second-order valence-electron chi connectivity index (χ2n) is 4.30. The number of hydrogen-bond acceptors (Lipinski definition) is 4. The van der Waals surface area contributed by atoms with Crippen LogP contribution in [0.5, 0.6) is 0 Å². The molecule has 0 fully saturated rings. The molecule has 0 amide bonds. The highest BCUT2D eigenvalue weighted by Crippen LogP contribution is 2.37. The average molecular weight is 345 g/mol. The third-order valence-corrected chi connectivity index (χ3v) is 5.55. The fraction of sp³-hybridized carbons (Fsp3) is 0.333. The zero-order valence-corrected chi connectivity index (χ0v) is 12.7. The van der Waals surface area contributed by atoms with E-state index in [-0.39, 0.29) is 0 Å². The lowest BCUT2D eigenvalue weighted by molar-refractivity contribution is 0.666. The summed E-state index contributed by atoms with van der Waals surface area (Å²) in [5.74, 6) is 1.31. The number of rotatable bonds is 1. The monoisotopic (exact) mass is 343 g/mol. The molecule has 2 N–H and O–H groups in total. The maximum absolute atomic E-state index is 6.05. The van der Waals surface area contributed by atoms with Crippen LogP contribution >= 0.6 is 38.9 Å². The lowest BCUT2D eigenvalue weighted by Crippen LogP contribution is -2.11. The Morgan fingerprint density at radius 1 is 1.28 bits per heavy atom. The van der Waals surface area contributed by atoms with Gasteiger partial charge in [-0.25, -0.2) is 9.97 Å². The third-order valence-electron chi connectivity index (χ3n) is 3.08. The van der Waals surface area contributed by atoms with Crippen LogP contribution in [0.1, 0.15) is 24.1 Å². The molecule has 3 rings (SSSR count). The van der Waals surface area contributed by atoms with Crippen LogP contribution < -0.4 is 5.73 Å². The van der Waals surface area contributed by atoms with Gasteiger partial charge in [0.1, 0.15) is 10.2 Å². The topological polar surface area (TPSA) is 51.8 Å². The summed E-state index contributed by atoms with van der Waals surface area (Å²) in [6.07, 6.45) is 4.35. The molecule has 3 nitrogen and oxygen atoms in total. The largest absolute Gasteiger partial charge is 0.383 e. The van der Waals surface area contributed by atoms with E-state index < -0.39 is 0 Å². The van der Waals surface area contributed by atoms with Crippen molar-refractivity contribution in [3.63, 3.8) is 0 Å². The van der Waals surface area contributed by atoms with Gasteiger partial charge in [-0.2, -0.15) is 0 Å². The molecule has 0 saturated heterocycles. The van der Waals surface area contributed by atoms with Gasteiger partial charge in [0.15, 0.2) is 5.82 Å². The number of aryl methyl sites for hydroxylation is 1. The van der Waals surface area contributed by atoms with Crippen molar-refractivity contribution in [2.75, 3.05) is 5.73 Å². The van der Waals surface area contributed by atoms with Crippen LogP contribution in [0, 0.1) is 0 Å². The molecule has 0 radical (unpaired) electrons. The number of thiophene rings is 1. The zero-order valence-electron chi connectivity index (χ0n) is 9.54. The van der Waals surface area contributed by atoms with Gasteiger partial charge in [-0.15, -0.1) is 11.3 Å². The van der Waals surface area contributed by atoms with Gasteiger partial charge < -0.3 is 5.73 Å². The van der Waals surface area contributed by atoms with Crippen molar-refractivity contribution < 1.29 is 0 Å². The van der Waals surface area contributed by atoms with Crippen molar-refractivity contribution in [1.82, 2.24) is 9.97 Å². The lowest BCUT2D eigenvalue weighted by Gasteiger charge is -2.16. The summed E-state index contributed by atoms with van der Waals surface area (Å²) < 4.78 is 1.59. The second-order valence-corrected chi connectivity index (χ2v) is 6.81. The lowest BCUT2D eigenvalue weighted by atomic mass is 9.96. The van der Waals surface area contributed by atoms with E-state index in [1.165, 1.54) is 24.2 Å². The standard InChI is InChI=1S/C12H11BrClN3S/c13-7-5-9(18-10(7)14)12-16-8-4-2-1-3-6(8)11(15)17-12/h5H,1-4H2,(H2,15,16,17). The van der Waals surface area contributed by atoms with E-state index in [1.54, 1.807) is 0 Å². The van der Waals surface area contributed by atoms with Gasteiger partial charge in [0.2, 0.25) is 0 Å². The molecule has 0 unspecified atom stereocenters. The first kappa shape index (κ1) is 12.4. The van der Waals surface area contributed by atoms with Crippen LogP contribution in [0.2, 0.25) is 4.34 Å². The Labute approximate surface area is 123 Å². The number of halogens is 2. The molecular weight excluding hydrogens is 334 g/mol. The number of anilines is 1. The SMILES string of the molecule is Nc1nc(-c2cc(Br)c(Cl)s2)nc2c1CCCC2. The first-order valence-corrected chi connectivity index (χ1v) is 7.74. The first-order valence-electron chi connectivity index (χ1n) is 5.75. The summed E-state index contributed by atoms with van der Waals surface area (Å²) in [7, 11) is 0. The van der Waals surface area contributed by atoms with Gasteiger partial charge in [0, 0.05) is 15.7 Å². The number of hydrogen-bond donors (Lipinski definition) is 1. The van der Waals surface area contributed by atoms with E-state index in [1.807, 2.05) is 6.07 Å². The maximum Gasteiger partial charge on any atom is 0.171 e. The van der Waals surface area contributed by atoms with Crippen molar-refractivity contribution in [3.05, 3.63) is 26.1 Å². The fourth-order valence-corrected chi connectivity index (χ4v) is 3.83. The summed E-state index contributed by atoms with van der Waals surface area (Å²) in [6, 6.07) is 1.94. The molecule has 0 bridgehead atoms. The van der Waals surface area contributed by atoms with Crippen molar-refractivity contribution in [3.8, 4) is 10.7 Å². The van der Waals surface area contributed by atoms with Crippen LogP contribution in [0.25, 0.3) is 10.7 Å². The summed E-state index contributed by atoms with van der Waals surface area (Å²) in [6.45, 7) is 0. The molecule has 2 aromatic heterocycles. The quantitative estimate of drug-likeness (QED) is 0.848. The van der Waals surface area contributed by atoms with Gasteiger partial charge in [-0.05, 0) is 47.7 Å². The van der Waals surface area contributed by atoms with Gasteiger partial charge >= 0.3 is 0 Å². The molecule has 94 valence electrons. The fourth-order valence-electron chi connectivity index (χ4n) is 2.19. The molecule has 2 heterocycles. The van der Waals surface area contributed by atoms with Gasteiger partial charge in [-0.1, -0.05) is 11.6 Å². The summed E-state index contributed by atoms with van der Waals surface area (Å²) in [5, 5.41) is 0. The molecule has 6 heteroatoms. The molecule has 1 aliphatic carbocycles. The Hall–Kier alpha value is -0.650. The number of nitrogens with two attached hydrogens (primary N) is 1. The first-order chi connectivity index (χ1) is 8.65. The minimum absolute atomic E-state index is 0.621. The normalized spacial score (nSPS) is 14.6. The van der Waals surface area contributed by atoms with E-state index in [0.717, 1.165) is 33.4 Å². The van der Waals surface area contributed by atoms with E-state index in [2.05, 4.69) is 25.9 Å². The van der Waals surface area contributed by atoms with Gasteiger partial charge in [0.25, 0.3) is 0 Å². The Balaban J connectivity index is 2.10. The van der Waals surface area contributed by atoms with Crippen molar-refractivity contribution in [1.29, 1.82) is 0 Å². The number of aromatic nitrogens is 2. The Kier molecular flexibility index (Phi) is 3.30. The number of fused-ring (bicyclic) bond motifs is 1. The van der Waals surface area contributed by atoms with Crippen LogP contribution in [0.4, 0.5) is 5.82 Å². The molecule has 0 aromatic carbocycles. The summed E-state index contributed by atoms with van der Waals surface area (Å²) in [5.41, 5.74) is 8.27. The summed E-state index contributed by atoms with van der Waals surface area (Å²) in [4.78, 5) is 10.00. The van der Waals surface area contributed by atoms with E-state index in [4.69, 9.17) is 17.3 Å². The molecular formula is C12H11BrClN3S. The molecule has 2 aromatic rings. The van der Waals surface area contributed by atoms with Gasteiger partial charge in [0.05, 0.1) is 4.88 Å². The molecule has 0 spiro atoms. The van der Waals surface area contributed by atoms with E-state index in [9.17, 15) is 0 Å². The van der Waals surface area contributed by atoms with Gasteiger partial charge in [-0.3, -0.25) is 0 Å². The Morgan fingerprint density at radius 3 is 2.78 bits per heavy atom. The van der Waals surface area contributed by atoms with Crippen LogP contribution in [-0.2, 0) is 12.8 Å². The maximum atomic E-state index is 6.05. The smallest absolute Gasteiger partial charge is 0.171 e. The minimum atomic E-state index is 0.621. The van der Waals surface area contributed by atoms with Crippen molar-refractivity contribution >= 4 is 44.7 Å². The second kappa shape index (κ2) is 4.79. The van der Waals surface area contributed by atoms with E-state index in [0.29, 0.717) is 16.0 Å². The highest BCUT2D eigenvalue weighted by Gasteiger charge is 2.18. The van der Waals surface area contributed by atoms with Crippen molar-refractivity contribution in [2.45, 2.75) is 25.7 Å². The van der Waals surface area contributed by atoms with Crippen LogP contribution in [-0.4, -0.2) is 9.97 Å². The summed E-state index contributed by atoms with van der Waals surface area (Å²) >= 11 is 10.9. The molecule has 0 atom stereocenters. The molecule has 1 aliphatic rings. The highest BCUT2D eigenvalue weighted by atomic mass is 79.9. The third kappa shape index (κ3) is 2.15. The van der Waals surface area contributed by atoms with Crippen molar-refractivity contribution in [2.24, 2.45) is 0 Å². The van der Waals surface area contributed by atoms with Crippen LogP contribution in [0.3, 0.4) is 0 Å².